The molecule has 0 unspecified atom stereocenters. The predicted octanol–water partition coefficient (Wildman–Crippen LogP) is 5.74. The summed E-state index contributed by atoms with van der Waals surface area (Å²) in [5.41, 5.74) is 2.56. The van der Waals surface area contributed by atoms with Crippen LogP contribution in [0, 0.1) is 0 Å². The quantitative estimate of drug-likeness (QED) is 0.397. The van der Waals surface area contributed by atoms with Gasteiger partial charge in [0.05, 0.1) is 0 Å². The molecule has 0 bridgehead atoms. The Morgan fingerprint density at radius 2 is 1.39 bits per heavy atom. The number of hydrogen-bond donors (Lipinski definition) is 1. The number of ether oxygens (including phenoxy) is 1. The molecule has 0 aromatic heterocycles. The molecule has 0 radical (unpaired) electrons. The van der Waals surface area contributed by atoms with Gasteiger partial charge in [0.15, 0.2) is 6.61 Å². The zero-order valence-corrected chi connectivity index (χ0v) is 22.0. The van der Waals surface area contributed by atoms with E-state index in [0.717, 1.165) is 16.7 Å². The van der Waals surface area contributed by atoms with Crippen LogP contribution in [-0.4, -0.2) is 34.9 Å². The minimum Gasteiger partial charge on any atom is -0.483 e. The van der Waals surface area contributed by atoms with Crippen LogP contribution in [0.3, 0.4) is 0 Å². The van der Waals surface area contributed by atoms with Crippen molar-refractivity contribution >= 4 is 11.8 Å². The molecule has 3 aromatic carbocycles. The van der Waals surface area contributed by atoms with Crippen LogP contribution >= 0.6 is 0 Å². The summed E-state index contributed by atoms with van der Waals surface area (Å²) in [6, 6.07) is 26.7. The fraction of sp³-hybridized carbons (Fsp3) is 0.355. The molecule has 0 saturated heterocycles. The Hall–Kier alpha value is -3.60. The predicted molar refractivity (Wildman–Crippen MR) is 145 cm³/mol. The fourth-order valence-corrected chi connectivity index (χ4v) is 4.10. The second-order valence-electron chi connectivity index (χ2n) is 10.4. The molecule has 190 valence electrons. The average Bonchev–Trinajstić information content (AvgIpc) is 2.85. The molecule has 36 heavy (non-hydrogen) atoms. The van der Waals surface area contributed by atoms with E-state index >= 15 is 0 Å². The van der Waals surface area contributed by atoms with Gasteiger partial charge in [-0.05, 0) is 49.4 Å². The number of benzene rings is 3. The lowest BCUT2D eigenvalue weighted by molar-refractivity contribution is -0.143. The summed E-state index contributed by atoms with van der Waals surface area (Å²) >= 11 is 0. The van der Waals surface area contributed by atoms with Crippen molar-refractivity contribution in [2.45, 2.75) is 65.1 Å². The van der Waals surface area contributed by atoms with Gasteiger partial charge in [-0.25, -0.2) is 0 Å². The minimum atomic E-state index is -0.691. The van der Waals surface area contributed by atoms with Crippen molar-refractivity contribution < 1.29 is 14.3 Å². The van der Waals surface area contributed by atoms with Gasteiger partial charge in [-0.15, -0.1) is 0 Å². The maximum absolute atomic E-state index is 13.7. The molecular weight excluding hydrogens is 448 g/mol. The number of rotatable bonds is 10. The topological polar surface area (TPSA) is 58.6 Å². The van der Waals surface area contributed by atoms with Gasteiger partial charge in [0.2, 0.25) is 5.91 Å². The molecule has 0 aliphatic carbocycles. The number of para-hydroxylation sites is 1. The highest BCUT2D eigenvalue weighted by Gasteiger charge is 2.32. The molecule has 0 heterocycles. The summed E-state index contributed by atoms with van der Waals surface area (Å²) in [4.78, 5) is 29.0. The lowest BCUT2D eigenvalue weighted by Crippen LogP contribution is -2.55. The van der Waals surface area contributed by atoms with Crippen LogP contribution < -0.4 is 10.1 Å². The lowest BCUT2D eigenvalue weighted by atomic mass is 10.0. The third-order valence-corrected chi connectivity index (χ3v) is 5.86. The van der Waals surface area contributed by atoms with Crippen molar-refractivity contribution in [1.82, 2.24) is 10.2 Å². The van der Waals surface area contributed by atoms with Crippen molar-refractivity contribution in [3.05, 3.63) is 102 Å². The molecule has 1 N–H and O–H groups in total. The molecule has 0 saturated carbocycles. The Kier molecular flexibility index (Phi) is 9.29. The van der Waals surface area contributed by atoms with Crippen molar-refractivity contribution in [1.29, 1.82) is 0 Å². The van der Waals surface area contributed by atoms with Gasteiger partial charge in [-0.1, -0.05) is 92.7 Å². The molecule has 3 rings (SSSR count). The monoisotopic (exact) mass is 486 g/mol. The standard InChI is InChI=1S/C31H38N2O3/c1-23(2)26-18-12-13-19-28(26)36-22-29(34)33(21-25-16-10-7-11-17-25)27(30(35)32-31(3,4)5)20-24-14-8-6-9-15-24/h6-19,23,27H,20-22H2,1-5H3,(H,32,35)/t27-/m0/s1. The first-order chi connectivity index (χ1) is 17.1. The summed E-state index contributed by atoms with van der Waals surface area (Å²) < 4.78 is 6.04. The molecule has 1 atom stereocenters. The molecule has 0 spiro atoms. The van der Waals surface area contributed by atoms with Gasteiger partial charge in [0.25, 0.3) is 5.91 Å². The van der Waals surface area contributed by atoms with Crippen LogP contribution in [-0.2, 0) is 22.6 Å². The van der Waals surface area contributed by atoms with E-state index in [1.807, 2.05) is 106 Å². The van der Waals surface area contributed by atoms with Crippen molar-refractivity contribution in [2.75, 3.05) is 6.61 Å². The highest BCUT2D eigenvalue weighted by molar-refractivity contribution is 5.89. The summed E-state index contributed by atoms with van der Waals surface area (Å²) in [6.07, 6.45) is 0.407. The van der Waals surface area contributed by atoms with E-state index in [0.29, 0.717) is 18.7 Å². The number of amides is 2. The molecular formula is C31H38N2O3. The molecule has 0 aliphatic heterocycles. The lowest BCUT2D eigenvalue weighted by Gasteiger charge is -2.34. The van der Waals surface area contributed by atoms with Crippen molar-refractivity contribution in [2.24, 2.45) is 0 Å². The van der Waals surface area contributed by atoms with Crippen molar-refractivity contribution in [3.63, 3.8) is 0 Å². The Bertz CT molecular complexity index is 1120. The van der Waals surface area contributed by atoms with E-state index in [4.69, 9.17) is 4.74 Å². The van der Waals surface area contributed by atoms with Crippen LogP contribution in [0.25, 0.3) is 0 Å². The van der Waals surface area contributed by atoms with E-state index in [2.05, 4.69) is 19.2 Å². The molecule has 5 heteroatoms. The molecule has 2 amide bonds. The second kappa shape index (κ2) is 12.4. The largest absolute Gasteiger partial charge is 0.483 e. The van der Waals surface area contributed by atoms with Gasteiger partial charge < -0.3 is 15.0 Å². The van der Waals surface area contributed by atoms with E-state index in [-0.39, 0.29) is 24.3 Å². The first kappa shape index (κ1) is 27.0. The highest BCUT2D eigenvalue weighted by Crippen LogP contribution is 2.26. The summed E-state index contributed by atoms with van der Waals surface area (Å²) in [5, 5.41) is 3.08. The summed E-state index contributed by atoms with van der Waals surface area (Å²) in [5.74, 6) is 0.542. The van der Waals surface area contributed by atoms with E-state index in [1.165, 1.54) is 0 Å². The number of hydrogen-bond acceptors (Lipinski definition) is 3. The Morgan fingerprint density at radius 1 is 0.833 bits per heavy atom. The van der Waals surface area contributed by atoms with Gasteiger partial charge in [-0.2, -0.15) is 0 Å². The van der Waals surface area contributed by atoms with E-state index in [1.54, 1.807) is 4.90 Å². The normalized spacial score (nSPS) is 12.2. The van der Waals surface area contributed by atoms with Gasteiger partial charge in [0.1, 0.15) is 11.8 Å². The number of nitrogens with zero attached hydrogens (tertiary/aromatic N) is 1. The first-order valence-corrected chi connectivity index (χ1v) is 12.5. The van der Waals surface area contributed by atoms with E-state index in [9.17, 15) is 9.59 Å². The Balaban J connectivity index is 1.92. The van der Waals surface area contributed by atoms with Crippen LogP contribution in [0.5, 0.6) is 5.75 Å². The maximum atomic E-state index is 13.7. The van der Waals surface area contributed by atoms with Gasteiger partial charge in [0, 0.05) is 18.5 Å². The van der Waals surface area contributed by atoms with Crippen molar-refractivity contribution in [3.8, 4) is 5.75 Å². The van der Waals surface area contributed by atoms with Crippen LogP contribution in [0.1, 0.15) is 57.2 Å². The fourth-order valence-electron chi connectivity index (χ4n) is 4.10. The smallest absolute Gasteiger partial charge is 0.261 e. The SMILES string of the molecule is CC(C)c1ccccc1OCC(=O)N(Cc1ccccc1)[C@@H](Cc1ccccc1)C(=O)NC(C)(C)C. The Labute approximate surface area is 215 Å². The highest BCUT2D eigenvalue weighted by atomic mass is 16.5. The number of carbonyl (C=O) groups is 2. The summed E-state index contributed by atoms with van der Waals surface area (Å²) in [7, 11) is 0. The van der Waals surface area contributed by atoms with Crippen LogP contribution in [0.2, 0.25) is 0 Å². The third-order valence-electron chi connectivity index (χ3n) is 5.86. The van der Waals surface area contributed by atoms with Gasteiger partial charge in [-0.3, -0.25) is 9.59 Å². The van der Waals surface area contributed by atoms with E-state index < -0.39 is 11.6 Å². The summed E-state index contributed by atoms with van der Waals surface area (Å²) in [6.45, 7) is 10.2. The maximum Gasteiger partial charge on any atom is 0.261 e. The molecule has 3 aromatic rings. The number of carbonyl (C=O) groups excluding carboxylic acids is 2. The molecule has 0 fully saturated rings. The third kappa shape index (κ3) is 7.98. The first-order valence-electron chi connectivity index (χ1n) is 12.5. The molecule has 5 nitrogen and oxygen atoms in total. The zero-order valence-electron chi connectivity index (χ0n) is 22.0. The second-order valence-corrected chi connectivity index (χ2v) is 10.4. The van der Waals surface area contributed by atoms with Crippen LogP contribution in [0.15, 0.2) is 84.9 Å². The van der Waals surface area contributed by atoms with Gasteiger partial charge >= 0.3 is 0 Å². The zero-order chi connectivity index (χ0) is 26.1. The number of nitrogens with one attached hydrogen (secondary N) is 1. The Morgan fingerprint density at radius 3 is 1.97 bits per heavy atom. The minimum absolute atomic E-state index is 0.148. The average molecular weight is 487 g/mol. The van der Waals surface area contributed by atoms with Crippen LogP contribution in [0.4, 0.5) is 0 Å². The molecule has 0 aliphatic rings.